The highest BCUT2D eigenvalue weighted by atomic mass is 35.5. The Labute approximate surface area is 88.3 Å². The maximum absolute atomic E-state index is 11.5. The molecule has 6 heteroatoms. The van der Waals surface area contributed by atoms with Gasteiger partial charge >= 0.3 is 0 Å². The molecule has 2 rings (SSSR count). The number of rotatable bonds is 1. The third kappa shape index (κ3) is 1.73. The second-order valence-corrected chi connectivity index (χ2v) is 3.23. The number of amides is 1. The monoisotopic (exact) mass is 216 g/mol. The lowest BCUT2D eigenvalue weighted by Crippen LogP contribution is -2.34. The topological polar surface area (TPSA) is 64.2 Å². The van der Waals surface area contributed by atoms with Crippen LogP contribution in [-0.2, 0) is 11.8 Å². The molecule has 0 radical (unpaired) electrons. The fourth-order valence-electron chi connectivity index (χ4n) is 1.48. The molecule has 78 valence electrons. The van der Waals surface area contributed by atoms with E-state index in [-0.39, 0.29) is 24.4 Å². The van der Waals surface area contributed by atoms with E-state index >= 15 is 0 Å². The van der Waals surface area contributed by atoms with Crippen molar-refractivity contribution >= 4 is 24.1 Å². The Balaban J connectivity index is 0.000000980. The second-order valence-electron chi connectivity index (χ2n) is 3.23. The predicted octanol–water partition coefficient (Wildman–Crippen LogP) is -0.0941. The minimum absolute atomic E-state index is 0. The lowest BCUT2D eigenvalue weighted by atomic mass is 10.3. The summed E-state index contributed by atoms with van der Waals surface area (Å²) in [6.07, 6.45) is 2.53. The summed E-state index contributed by atoms with van der Waals surface area (Å²) in [5.74, 6) is 0.666. The zero-order chi connectivity index (χ0) is 9.42. The van der Waals surface area contributed by atoms with Gasteiger partial charge in [-0.05, 0) is 6.42 Å². The molecule has 0 spiro atoms. The Morgan fingerprint density at radius 1 is 1.64 bits per heavy atom. The molecule has 0 aromatic carbocycles. The molecule has 1 unspecified atom stereocenters. The number of aryl methyl sites for hydroxylation is 1. The zero-order valence-electron chi connectivity index (χ0n) is 7.88. The fourth-order valence-corrected chi connectivity index (χ4v) is 1.48. The number of hydrogen-bond donors (Lipinski definition) is 1. The van der Waals surface area contributed by atoms with Gasteiger partial charge in [0.2, 0.25) is 5.91 Å². The SMILES string of the molecule is Cl.Cn1ccc(N2CCC(N)C2=O)n1. The van der Waals surface area contributed by atoms with Gasteiger partial charge in [-0.25, -0.2) is 0 Å². The van der Waals surface area contributed by atoms with E-state index in [9.17, 15) is 4.79 Å². The van der Waals surface area contributed by atoms with Gasteiger partial charge in [-0.2, -0.15) is 5.10 Å². The first-order valence-corrected chi connectivity index (χ1v) is 4.25. The molecule has 2 N–H and O–H groups in total. The lowest BCUT2D eigenvalue weighted by Gasteiger charge is -2.11. The van der Waals surface area contributed by atoms with Crippen LogP contribution in [0.3, 0.4) is 0 Å². The maximum atomic E-state index is 11.5. The van der Waals surface area contributed by atoms with Gasteiger partial charge in [-0.1, -0.05) is 0 Å². The lowest BCUT2D eigenvalue weighted by molar-refractivity contribution is -0.118. The minimum Gasteiger partial charge on any atom is -0.320 e. The van der Waals surface area contributed by atoms with E-state index in [1.807, 2.05) is 19.3 Å². The molecule has 0 aliphatic carbocycles. The number of halogens is 1. The normalized spacial score (nSPS) is 21.1. The third-order valence-corrected chi connectivity index (χ3v) is 2.22. The van der Waals surface area contributed by atoms with Gasteiger partial charge in [-0.3, -0.25) is 14.4 Å². The number of aromatic nitrogens is 2. The Bertz CT molecular complexity index is 338. The number of nitrogens with two attached hydrogens (primary N) is 1. The van der Waals surface area contributed by atoms with E-state index in [1.165, 1.54) is 0 Å². The van der Waals surface area contributed by atoms with Crippen molar-refractivity contribution in [3.8, 4) is 0 Å². The highest BCUT2D eigenvalue weighted by Crippen LogP contribution is 2.17. The number of carbonyl (C=O) groups is 1. The summed E-state index contributed by atoms with van der Waals surface area (Å²) in [5.41, 5.74) is 5.59. The largest absolute Gasteiger partial charge is 0.320 e. The van der Waals surface area contributed by atoms with Gasteiger partial charge in [0.25, 0.3) is 0 Å². The fraction of sp³-hybridized carbons (Fsp3) is 0.500. The van der Waals surface area contributed by atoms with Crippen LogP contribution < -0.4 is 10.6 Å². The molecule has 1 aliphatic heterocycles. The summed E-state index contributed by atoms with van der Waals surface area (Å²) in [4.78, 5) is 13.1. The van der Waals surface area contributed by atoms with E-state index < -0.39 is 0 Å². The molecule has 5 nitrogen and oxygen atoms in total. The summed E-state index contributed by atoms with van der Waals surface area (Å²) in [5, 5.41) is 4.14. The summed E-state index contributed by atoms with van der Waals surface area (Å²) in [6.45, 7) is 0.678. The van der Waals surface area contributed by atoms with Gasteiger partial charge in [0.15, 0.2) is 5.82 Å². The molecule has 14 heavy (non-hydrogen) atoms. The number of nitrogens with zero attached hydrogens (tertiary/aromatic N) is 3. The van der Waals surface area contributed by atoms with E-state index in [0.29, 0.717) is 12.4 Å². The quantitative estimate of drug-likeness (QED) is 0.714. The van der Waals surface area contributed by atoms with E-state index in [0.717, 1.165) is 6.42 Å². The molecule has 1 aliphatic rings. The van der Waals surface area contributed by atoms with Gasteiger partial charge < -0.3 is 5.73 Å². The molecular weight excluding hydrogens is 204 g/mol. The average molecular weight is 217 g/mol. The van der Waals surface area contributed by atoms with Crippen LogP contribution in [0.4, 0.5) is 5.82 Å². The number of hydrogen-bond acceptors (Lipinski definition) is 3. The minimum atomic E-state index is -0.345. The Morgan fingerprint density at radius 2 is 2.36 bits per heavy atom. The van der Waals surface area contributed by atoms with Gasteiger partial charge in [0.1, 0.15) is 0 Å². The van der Waals surface area contributed by atoms with Crippen LogP contribution in [0, 0.1) is 0 Å². The Hall–Kier alpha value is -1.07. The predicted molar refractivity (Wildman–Crippen MR) is 55.4 cm³/mol. The third-order valence-electron chi connectivity index (χ3n) is 2.22. The summed E-state index contributed by atoms with van der Waals surface area (Å²) >= 11 is 0. The average Bonchev–Trinajstić information content (AvgIpc) is 2.62. The van der Waals surface area contributed by atoms with Crippen LogP contribution in [0.25, 0.3) is 0 Å². The van der Waals surface area contributed by atoms with Crippen LogP contribution in [0.5, 0.6) is 0 Å². The summed E-state index contributed by atoms with van der Waals surface area (Å²) < 4.78 is 1.67. The zero-order valence-corrected chi connectivity index (χ0v) is 8.70. The molecule has 1 atom stereocenters. The van der Waals surface area contributed by atoms with Crippen molar-refractivity contribution in [3.63, 3.8) is 0 Å². The molecule has 0 bridgehead atoms. The molecule has 1 fully saturated rings. The standard InChI is InChI=1S/C8H12N4O.ClH/c1-11-4-3-7(10-11)12-5-2-6(9)8(12)13;/h3-4,6H,2,5,9H2,1H3;1H. The number of anilines is 1. The van der Waals surface area contributed by atoms with Gasteiger partial charge in [0, 0.05) is 25.9 Å². The molecular formula is C8H13ClN4O. The van der Waals surface area contributed by atoms with E-state index in [2.05, 4.69) is 5.10 Å². The van der Waals surface area contributed by atoms with Crippen LogP contribution >= 0.6 is 12.4 Å². The number of carbonyl (C=O) groups excluding carboxylic acids is 1. The van der Waals surface area contributed by atoms with Gasteiger partial charge in [0.05, 0.1) is 6.04 Å². The first-order valence-electron chi connectivity index (χ1n) is 4.25. The van der Waals surface area contributed by atoms with Crippen LogP contribution in [0.1, 0.15) is 6.42 Å². The van der Waals surface area contributed by atoms with Crippen molar-refractivity contribution in [1.29, 1.82) is 0 Å². The molecule has 1 aromatic rings. The first-order chi connectivity index (χ1) is 6.18. The van der Waals surface area contributed by atoms with Crippen molar-refractivity contribution in [3.05, 3.63) is 12.3 Å². The van der Waals surface area contributed by atoms with Crippen molar-refractivity contribution in [2.75, 3.05) is 11.4 Å². The van der Waals surface area contributed by atoms with Crippen molar-refractivity contribution in [2.24, 2.45) is 12.8 Å². The second kappa shape index (κ2) is 3.98. The van der Waals surface area contributed by atoms with Crippen molar-refractivity contribution in [1.82, 2.24) is 9.78 Å². The summed E-state index contributed by atoms with van der Waals surface area (Å²) in [6, 6.07) is 1.47. The highest BCUT2D eigenvalue weighted by molar-refractivity contribution is 5.98. The highest BCUT2D eigenvalue weighted by Gasteiger charge is 2.30. The molecule has 1 amide bonds. The molecule has 1 aromatic heterocycles. The van der Waals surface area contributed by atoms with Gasteiger partial charge in [-0.15, -0.1) is 12.4 Å². The van der Waals surface area contributed by atoms with E-state index in [1.54, 1.807) is 9.58 Å². The Kier molecular flexibility index (Phi) is 3.13. The van der Waals surface area contributed by atoms with Crippen molar-refractivity contribution < 1.29 is 4.79 Å². The van der Waals surface area contributed by atoms with Crippen molar-refractivity contribution in [2.45, 2.75) is 12.5 Å². The smallest absolute Gasteiger partial charge is 0.245 e. The van der Waals surface area contributed by atoms with Crippen LogP contribution in [0.15, 0.2) is 12.3 Å². The van der Waals surface area contributed by atoms with Crippen LogP contribution in [0.2, 0.25) is 0 Å². The van der Waals surface area contributed by atoms with E-state index in [4.69, 9.17) is 5.73 Å². The van der Waals surface area contributed by atoms with Crippen LogP contribution in [-0.4, -0.2) is 28.3 Å². The maximum Gasteiger partial charge on any atom is 0.245 e. The molecule has 2 heterocycles. The molecule has 1 saturated heterocycles. The molecule has 0 saturated carbocycles. The Morgan fingerprint density at radius 3 is 2.79 bits per heavy atom. The first kappa shape index (κ1) is 11.0. The summed E-state index contributed by atoms with van der Waals surface area (Å²) in [7, 11) is 1.82.